The van der Waals surface area contributed by atoms with Gasteiger partial charge in [0.15, 0.2) is 0 Å². The third kappa shape index (κ3) is 5.36. The van der Waals surface area contributed by atoms with E-state index in [0.29, 0.717) is 25.7 Å². The lowest BCUT2D eigenvalue weighted by atomic mass is 10.1. The summed E-state index contributed by atoms with van der Waals surface area (Å²) in [5, 5.41) is 6.16. The summed E-state index contributed by atoms with van der Waals surface area (Å²) in [5.74, 6) is 0.0157. The van der Waals surface area contributed by atoms with Crippen LogP contribution in [0.25, 0.3) is 0 Å². The van der Waals surface area contributed by atoms with Gasteiger partial charge < -0.3 is 15.4 Å². The first-order chi connectivity index (χ1) is 9.34. The van der Waals surface area contributed by atoms with E-state index >= 15 is 0 Å². The van der Waals surface area contributed by atoms with Crippen molar-refractivity contribution in [3.63, 3.8) is 0 Å². The predicted octanol–water partition coefficient (Wildman–Crippen LogP) is 0.509. The minimum atomic E-state index is 0.0157. The molecular formula is C14H21N3O2. The van der Waals surface area contributed by atoms with Crippen LogP contribution in [0, 0.1) is 0 Å². The standard InChI is InChI=1S/C14H21N3O2/c18-14(10-12-2-1-5-16-11-12)17-8-9-19-13-3-6-15-7-4-13/h1-2,5,11,13,15H,3-4,6-10H2,(H,17,18). The molecule has 1 fully saturated rings. The highest BCUT2D eigenvalue weighted by atomic mass is 16.5. The molecule has 2 heterocycles. The van der Waals surface area contributed by atoms with Crippen LogP contribution in [-0.2, 0) is 16.0 Å². The maximum atomic E-state index is 11.7. The van der Waals surface area contributed by atoms with E-state index in [-0.39, 0.29) is 5.91 Å². The third-order valence-electron chi connectivity index (χ3n) is 3.15. The summed E-state index contributed by atoms with van der Waals surface area (Å²) in [5.41, 5.74) is 0.930. The zero-order valence-corrected chi connectivity index (χ0v) is 11.1. The van der Waals surface area contributed by atoms with Crippen molar-refractivity contribution in [2.45, 2.75) is 25.4 Å². The number of hydrogen-bond donors (Lipinski definition) is 2. The molecule has 0 saturated carbocycles. The van der Waals surface area contributed by atoms with Gasteiger partial charge in [-0.2, -0.15) is 0 Å². The Kier molecular flexibility index (Phi) is 5.78. The number of nitrogens with one attached hydrogen (secondary N) is 2. The molecule has 5 heteroatoms. The molecule has 1 aliphatic heterocycles. The fraction of sp³-hybridized carbons (Fsp3) is 0.571. The van der Waals surface area contributed by atoms with Gasteiger partial charge in [0.2, 0.25) is 5.91 Å². The minimum Gasteiger partial charge on any atom is -0.376 e. The van der Waals surface area contributed by atoms with Gasteiger partial charge in [-0.15, -0.1) is 0 Å². The number of aromatic nitrogens is 1. The quantitative estimate of drug-likeness (QED) is 0.734. The Morgan fingerprint density at radius 2 is 2.32 bits per heavy atom. The average Bonchev–Trinajstić information content (AvgIpc) is 2.46. The second kappa shape index (κ2) is 7.86. The largest absolute Gasteiger partial charge is 0.376 e. The number of amides is 1. The van der Waals surface area contributed by atoms with Crippen molar-refractivity contribution in [2.75, 3.05) is 26.2 Å². The second-order valence-corrected chi connectivity index (χ2v) is 4.71. The molecule has 1 aromatic heterocycles. The van der Waals surface area contributed by atoms with Crippen molar-refractivity contribution in [3.05, 3.63) is 30.1 Å². The molecule has 0 atom stereocenters. The van der Waals surface area contributed by atoms with Gasteiger partial charge in [-0.3, -0.25) is 9.78 Å². The Balaban J connectivity index is 1.56. The summed E-state index contributed by atoms with van der Waals surface area (Å²) in [6.45, 7) is 3.21. The lowest BCUT2D eigenvalue weighted by Gasteiger charge is -2.22. The van der Waals surface area contributed by atoms with Crippen molar-refractivity contribution in [3.8, 4) is 0 Å². The molecule has 0 unspecified atom stereocenters. The predicted molar refractivity (Wildman–Crippen MR) is 72.8 cm³/mol. The number of ether oxygens (including phenoxy) is 1. The molecule has 0 spiro atoms. The summed E-state index contributed by atoms with van der Waals surface area (Å²) in [7, 11) is 0. The maximum absolute atomic E-state index is 11.7. The fourth-order valence-electron chi connectivity index (χ4n) is 2.13. The number of rotatable bonds is 6. The number of nitrogens with zero attached hydrogens (tertiary/aromatic N) is 1. The molecule has 1 aliphatic rings. The van der Waals surface area contributed by atoms with Gasteiger partial charge >= 0.3 is 0 Å². The zero-order valence-electron chi connectivity index (χ0n) is 11.1. The summed E-state index contributed by atoms with van der Waals surface area (Å²) < 4.78 is 5.72. The summed E-state index contributed by atoms with van der Waals surface area (Å²) in [6.07, 6.45) is 6.25. The van der Waals surface area contributed by atoms with E-state index in [2.05, 4.69) is 15.6 Å². The van der Waals surface area contributed by atoms with Crippen LogP contribution >= 0.6 is 0 Å². The lowest BCUT2D eigenvalue weighted by molar-refractivity contribution is -0.120. The first-order valence-corrected chi connectivity index (χ1v) is 6.82. The lowest BCUT2D eigenvalue weighted by Crippen LogP contribution is -2.35. The number of hydrogen-bond acceptors (Lipinski definition) is 4. The van der Waals surface area contributed by atoms with E-state index in [1.807, 2.05) is 12.1 Å². The molecule has 0 bridgehead atoms. The van der Waals surface area contributed by atoms with E-state index in [9.17, 15) is 4.79 Å². The van der Waals surface area contributed by atoms with Crippen LogP contribution in [0.5, 0.6) is 0 Å². The number of carbonyl (C=O) groups is 1. The fourth-order valence-corrected chi connectivity index (χ4v) is 2.13. The Bertz CT molecular complexity index is 378. The molecular weight excluding hydrogens is 242 g/mol. The van der Waals surface area contributed by atoms with E-state index in [1.165, 1.54) is 0 Å². The topological polar surface area (TPSA) is 63.2 Å². The Labute approximate surface area is 113 Å². The van der Waals surface area contributed by atoms with Gasteiger partial charge in [-0.05, 0) is 37.6 Å². The molecule has 5 nitrogen and oxygen atoms in total. The minimum absolute atomic E-state index is 0.0157. The van der Waals surface area contributed by atoms with Gasteiger partial charge in [0.25, 0.3) is 0 Å². The Morgan fingerprint density at radius 1 is 1.47 bits per heavy atom. The number of carbonyl (C=O) groups excluding carboxylic acids is 1. The van der Waals surface area contributed by atoms with Gasteiger partial charge in [-0.25, -0.2) is 0 Å². The smallest absolute Gasteiger partial charge is 0.224 e. The molecule has 2 rings (SSSR count). The molecule has 0 radical (unpaired) electrons. The highest BCUT2D eigenvalue weighted by Gasteiger charge is 2.12. The monoisotopic (exact) mass is 263 g/mol. The summed E-state index contributed by atoms with van der Waals surface area (Å²) in [4.78, 5) is 15.6. The normalized spacial score (nSPS) is 16.2. The molecule has 104 valence electrons. The second-order valence-electron chi connectivity index (χ2n) is 4.71. The van der Waals surface area contributed by atoms with Gasteiger partial charge in [-0.1, -0.05) is 6.07 Å². The van der Waals surface area contributed by atoms with E-state index in [1.54, 1.807) is 12.4 Å². The van der Waals surface area contributed by atoms with Gasteiger partial charge in [0, 0.05) is 18.9 Å². The van der Waals surface area contributed by atoms with Crippen LogP contribution in [0.4, 0.5) is 0 Å². The third-order valence-corrected chi connectivity index (χ3v) is 3.15. The van der Waals surface area contributed by atoms with Crippen molar-refractivity contribution in [1.29, 1.82) is 0 Å². The Morgan fingerprint density at radius 3 is 3.05 bits per heavy atom. The highest BCUT2D eigenvalue weighted by molar-refractivity contribution is 5.78. The molecule has 1 aromatic rings. The number of pyridine rings is 1. The summed E-state index contributed by atoms with van der Waals surface area (Å²) >= 11 is 0. The van der Waals surface area contributed by atoms with Crippen molar-refractivity contribution in [2.24, 2.45) is 0 Å². The first-order valence-electron chi connectivity index (χ1n) is 6.82. The van der Waals surface area contributed by atoms with Crippen molar-refractivity contribution in [1.82, 2.24) is 15.6 Å². The zero-order chi connectivity index (χ0) is 13.3. The van der Waals surface area contributed by atoms with Crippen LogP contribution < -0.4 is 10.6 Å². The highest BCUT2D eigenvalue weighted by Crippen LogP contribution is 2.06. The average molecular weight is 263 g/mol. The van der Waals surface area contributed by atoms with Crippen LogP contribution in [0.15, 0.2) is 24.5 Å². The van der Waals surface area contributed by atoms with E-state index in [4.69, 9.17) is 4.74 Å². The van der Waals surface area contributed by atoms with Crippen LogP contribution in [0.2, 0.25) is 0 Å². The van der Waals surface area contributed by atoms with E-state index in [0.717, 1.165) is 31.5 Å². The first kappa shape index (κ1) is 14.0. The van der Waals surface area contributed by atoms with Crippen molar-refractivity contribution < 1.29 is 9.53 Å². The molecule has 1 saturated heterocycles. The Hall–Kier alpha value is -1.46. The van der Waals surface area contributed by atoms with Crippen LogP contribution in [0.3, 0.4) is 0 Å². The van der Waals surface area contributed by atoms with Crippen molar-refractivity contribution >= 4 is 5.91 Å². The molecule has 2 N–H and O–H groups in total. The molecule has 0 aromatic carbocycles. The van der Waals surface area contributed by atoms with Crippen LogP contribution in [0.1, 0.15) is 18.4 Å². The SMILES string of the molecule is O=C(Cc1cccnc1)NCCOC1CCNCC1. The van der Waals surface area contributed by atoms with Gasteiger partial charge in [0.05, 0.1) is 19.1 Å². The van der Waals surface area contributed by atoms with Gasteiger partial charge in [0.1, 0.15) is 0 Å². The van der Waals surface area contributed by atoms with Crippen LogP contribution in [-0.4, -0.2) is 43.2 Å². The molecule has 19 heavy (non-hydrogen) atoms. The summed E-state index contributed by atoms with van der Waals surface area (Å²) in [6, 6.07) is 3.74. The number of piperidine rings is 1. The molecule has 0 aliphatic carbocycles. The molecule has 1 amide bonds. The maximum Gasteiger partial charge on any atom is 0.224 e. The van der Waals surface area contributed by atoms with E-state index < -0.39 is 0 Å².